The number of carbonyl (C=O) groups is 1. The molecule has 6 heteroatoms. The Morgan fingerprint density at radius 3 is 2.18 bits per heavy atom. The van der Waals surface area contributed by atoms with E-state index in [1.54, 1.807) is 24.3 Å². The van der Waals surface area contributed by atoms with Gasteiger partial charge in [0.1, 0.15) is 11.5 Å². The molecule has 0 saturated heterocycles. The van der Waals surface area contributed by atoms with Crippen molar-refractivity contribution in [1.82, 2.24) is 0 Å². The second kappa shape index (κ2) is 9.22. The first kappa shape index (κ1) is 24.0. The molecule has 1 aliphatic rings. The molecule has 1 unspecified atom stereocenters. The van der Waals surface area contributed by atoms with Gasteiger partial charge in [0.05, 0.1) is 22.3 Å². The van der Waals surface area contributed by atoms with E-state index in [2.05, 4.69) is 26.8 Å². The molecule has 1 aliphatic heterocycles. The molecule has 5 N–H and O–H groups in total. The van der Waals surface area contributed by atoms with E-state index in [0.717, 1.165) is 41.7 Å². The maximum absolute atomic E-state index is 12.1. The molecule has 0 spiro atoms. The molecule has 0 amide bonds. The minimum atomic E-state index is -1.04. The number of alkyl halides is 1. The Bertz CT molecular complexity index is 1300. The fourth-order valence-electron chi connectivity index (χ4n) is 5.27. The summed E-state index contributed by atoms with van der Waals surface area (Å²) in [5.74, 6) is 0.345. The van der Waals surface area contributed by atoms with Crippen LogP contribution in [0.15, 0.2) is 30.3 Å². The fraction of sp³-hybridized carbons (Fsp3) is 0.321. The lowest BCUT2D eigenvalue weighted by Crippen LogP contribution is -2.17. The number of nitrogen functional groups attached to an aromatic ring is 2. The molecule has 0 aliphatic carbocycles. The van der Waals surface area contributed by atoms with Crippen molar-refractivity contribution >= 4 is 28.9 Å². The number of anilines is 2. The van der Waals surface area contributed by atoms with E-state index in [1.807, 2.05) is 6.92 Å². The van der Waals surface area contributed by atoms with Crippen molar-refractivity contribution < 1.29 is 14.6 Å². The molecule has 0 fully saturated rings. The summed E-state index contributed by atoms with van der Waals surface area (Å²) in [6.45, 7) is 8.43. The summed E-state index contributed by atoms with van der Waals surface area (Å²) in [6.07, 6.45) is 3.22. The summed E-state index contributed by atoms with van der Waals surface area (Å²) in [6, 6.07) is 8.92. The average Bonchev–Trinajstić information content (AvgIpc) is 2.84. The Kier molecular flexibility index (Phi) is 6.50. The van der Waals surface area contributed by atoms with Gasteiger partial charge < -0.3 is 21.3 Å². The minimum absolute atomic E-state index is 0.138. The topological polar surface area (TPSA) is 98.6 Å². The Hall–Kier alpha value is -3.18. The van der Waals surface area contributed by atoms with Crippen molar-refractivity contribution in [2.75, 3.05) is 11.5 Å². The van der Waals surface area contributed by atoms with Gasteiger partial charge >= 0.3 is 5.97 Å². The number of hydrogen-bond acceptors (Lipinski definition) is 4. The first-order valence-electron chi connectivity index (χ1n) is 11.9. The third kappa shape index (κ3) is 3.50. The summed E-state index contributed by atoms with van der Waals surface area (Å²) in [5.41, 5.74) is 21.1. The highest BCUT2D eigenvalue weighted by Gasteiger charge is 2.36. The van der Waals surface area contributed by atoms with E-state index in [1.165, 1.54) is 11.1 Å². The van der Waals surface area contributed by atoms with Crippen molar-refractivity contribution in [3.8, 4) is 22.6 Å². The third-order valence-corrected chi connectivity index (χ3v) is 7.34. The molecule has 4 rings (SSSR count). The molecule has 34 heavy (non-hydrogen) atoms. The molecule has 0 aromatic heterocycles. The van der Waals surface area contributed by atoms with Crippen LogP contribution in [0.5, 0.6) is 11.5 Å². The van der Waals surface area contributed by atoms with Gasteiger partial charge in [-0.2, -0.15) is 0 Å². The summed E-state index contributed by atoms with van der Waals surface area (Å²) in [4.78, 5) is 12.1. The molecular weight excluding hydrogens is 448 g/mol. The number of aryl methyl sites for hydroxylation is 1. The van der Waals surface area contributed by atoms with Crippen LogP contribution in [0.1, 0.15) is 76.8 Å². The highest BCUT2D eigenvalue weighted by molar-refractivity contribution is 6.24. The number of benzene rings is 3. The van der Waals surface area contributed by atoms with Gasteiger partial charge in [-0.15, -0.1) is 11.6 Å². The van der Waals surface area contributed by atoms with Crippen LogP contribution in [0.3, 0.4) is 0 Å². The molecule has 3 aromatic rings. The zero-order valence-corrected chi connectivity index (χ0v) is 20.8. The number of carboxylic acid groups (broad SMARTS) is 1. The zero-order chi connectivity index (χ0) is 24.7. The molecule has 5 nitrogen and oxygen atoms in total. The molecule has 178 valence electrons. The quantitative estimate of drug-likeness (QED) is 0.264. The smallest absolute Gasteiger partial charge is 0.336 e. The van der Waals surface area contributed by atoms with E-state index in [-0.39, 0.29) is 5.56 Å². The van der Waals surface area contributed by atoms with Crippen LogP contribution in [-0.4, -0.2) is 11.1 Å². The Morgan fingerprint density at radius 1 is 0.941 bits per heavy atom. The van der Waals surface area contributed by atoms with Crippen molar-refractivity contribution in [1.29, 1.82) is 0 Å². The third-order valence-electron chi connectivity index (χ3n) is 6.89. The summed E-state index contributed by atoms with van der Waals surface area (Å²) in [5, 5.41) is 9.31. The van der Waals surface area contributed by atoms with Gasteiger partial charge in [0.2, 0.25) is 0 Å². The van der Waals surface area contributed by atoms with Gasteiger partial charge in [-0.3, -0.25) is 0 Å². The van der Waals surface area contributed by atoms with E-state index in [0.29, 0.717) is 40.2 Å². The van der Waals surface area contributed by atoms with Crippen molar-refractivity contribution in [3.05, 3.63) is 69.3 Å². The number of ether oxygens (including phenoxy) is 1. The van der Waals surface area contributed by atoms with E-state index in [9.17, 15) is 9.90 Å². The standard InChI is InChI=1S/C28H31ClN2O3/c1-5-14-13-20-23(29)22-21(18-11-9-10-12-19(18)28(32)33)25(31)24(30)17(8-4)27(22)34-26(20)16(7-3)15(14)6-2/h9-13,23H,5-8,30-31H2,1-4H3,(H,32,33). The lowest BCUT2D eigenvalue weighted by molar-refractivity contribution is 0.0697. The highest BCUT2D eigenvalue weighted by Crippen LogP contribution is 2.57. The number of aromatic carboxylic acids is 1. The normalized spacial score (nSPS) is 14.3. The highest BCUT2D eigenvalue weighted by atomic mass is 35.5. The van der Waals surface area contributed by atoms with Crippen molar-refractivity contribution in [2.45, 2.75) is 58.8 Å². The summed E-state index contributed by atoms with van der Waals surface area (Å²) < 4.78 is 6.66. The second-order valence-electron chi connectivity index (χ2n) is 8.56. The van der Waals surface area contributed by atoms with Crippen molar-refractivity contribution in [2.24, 2.45) is 0 Å². The number of halogens is 1. The maximum Gasteiger partial charge on any atom is 0.336 e. The molecule has 0 bridgehead atoms. The van der Waals surface area contributed by atoms with Crippen LogP contribution >= 0.6 is 11.6 Å². The monoisotopic (exact) mass is 478 g/mol. The van der Waals surface area contributed by atoms with E-state index in [4.69, 9.17) is 27.8 Å². The largest absolute Gasteiger partial charge is 0.478 e. The zero-order valence-electron chi connectivity index (χ0n) is 20.1. The van der Waals surface area contributed by atoms with Crippen molar-refractivity contribution in [3.63, 3.8) is 0 Å². The number of carboxylic acids is 1. The summed E-state index contributed by atoms with van der Waals surface area (Å²) in [7, 11) is 0. The van der Waals surface area contributed by atoms with Gasteiger partial charge in [-0.25, -0.2) is 4.79 Å². The second-order valence-corrected chi connectivity index (χ2v) is 9.00. The molecule has 0 radical (unpaired) electrons. The Labute approximate surface area is 205 Å². The van der Waals surface area contributed by atoms with Crippen LogP contribution in [0, 0.1) is 0 Å². The van der Waals surface area contributed by atoms with Crippen LogP contribution < -0.4 is 16.2 Å². The number of nitrogens with two attached hydrogens (primary N) is 2. The molecule has 1 atom stereocenters. The number of fused-ring (bicyclic) bond motifs is 2. The van der Waals surface area contributed by atoms with Gasteiger partial charge in [-0.1, -0.05) is 45.9 Å². The first-order valence-corrected chi connectivity index (χ1v) is 12.3. The first-order chi connectivity index (χ1) is 16.3. The van der Waals surface area contributed by atoms with E-state index >= 15 is 0 Å². The maximum atomic E-state index is 12.1. The van der Waals surface area contributed by atoms with Gasteiger partial charge in [0.25, 0.3) is 0 Å². The van der Waals surface area contributed by atoms with Gasteiger partial charge in [0, 0.05) is 22.3 Å². The Morgan fingerprint density at radius 2 is 1.59 bits per heavy atom. The molecule has 3 aromatic carbocycles. The number of rotatable bonds is 6. The molecule has 1 heterocycles. The van der Waals surface area contributed by atoms with E-state index < -0.39 is 11.3 Å². The average molecular weight is 479 g/mol. The predicted octanol–water partition coefficient (Wildman–Crippen LogP) is 6.90. The SMILES string of the molecule is CCc1cc2c(c(CC)c1CC)Oc1c(CC)c(N)c(N)c(-c3ccccc3C(=O)O)c1C2Cl. The fourth-order valence-corrected chi connectivity index (χ4v) is 5.64. The van der Waals surface area contributed by atoms with Crippen LogP contribution in [0.4, 0.5) is 11.4 Å². The minimum Gasteiger partial charge on any atom is -0.478 e. The van der Waals surface area contributed by atoms with Crippen LogP contribution in [-0.2, 0) is 25.7 Å². The lowest BCUT2D eigenvalue weighted by Gasteiger charge is -2.33. The predicted molar refractivity (Wildman–Crippen MR) is 139 cm³/mol. The lowest BCUT2D eigenvalue weighted by atomic mass is 9.82. The molecular formula is C28H31ClN2O3. The van der Waals surface area contributed by atoms with Crippen LogP contribution in [0.25, 0.3) is 11.1 Å². The Balaban J connectivity index is 2.12. The number of hydrogen-bond donors (Lipinski definition) is 3. The summed E-state index contributed by atoms with van der Waals surface area (Å²) >= 11 is 7.25. The van der Waals surface area contributed by atoms with Gasteiger partial charge in [-0.05, 0) is 60.1 Å². The van der Waals surface area contributed by atoms with Crippen LogP contribution in [0.2, 0.25) is 0 Å². The van der Waals surface area contributed by atoms with Gasteiger partial charge in [0.15, 0.2) is 0 Å². The molecule has 0 saturated carbocycles.